The third-order valence-corrected chi connectivity index (χ3v) is 3.44. The molecule has 0 aromatic heterocycles. The lowest BCUT2D eigenvalue weighted by Gasteiger charge is -2.18. The monoisotopic (exact) mass is 281 g/mol. The standard InChI is InChI=1S/C18H19NO2/c1-18(13-20-12-15-8-4-2-5-9-15)14-21-17(19-18)16-10-6-3-7-11-16/h2-11H,12-14H2,1H3. The second-order valence-corrected chi connectivity index (χ2v) is 5.55. The van der Waals surface area contributed by atoms with Gasteiger partial charge in [-0.05, 0) is 24.6 Å². The number of hydrogen-bond donors (Lipinski definition) is 0. The number of nitrogens with zero attached hydrogens (tertiary/aromatic N) is 1. The van der Waals surface area contributed by atoms with Crippen molar-refractivity contribution in [3.05, 3.63) is 71.8 Å². The summed E-state index contributed by atoms with van der Waals surface area (Å²) in [6, 6.07) is 20.2. The van der Waals surface area contributed by atoms with Gasteiger partial charge in [0.25, 0.3) is 0 Å². The number of benzene rings is 2. The molecule has 1 aliphatic rings. The largest absolute Gasteiger partial charge is 0.475 e. The van der Waals surface area contributed by atoms with Crippen LogP contribution >= 0.6 is 0 Å². The van der Waals surface area contributed by atoms with Gasteiger partial charge in [-0.3, -0.25) is 0 Å². The zero-order valence-corrected chi connectivity index (χ0v) is 12.2. The molecule has 21 heavy (non-hydrogen) atoms. The highest BCUT2D eigenvalue weighted by Crippen LogP contribution is 2.22. The highest BCUT2D eigenvalue weighted by atomic mass is 16.5. The molecule has 1 heterocycles. The van der Waals surface area contributed by atoms with Crippen LogP contribution < -0.4 is 0 Å². The van der Waals surface area contributed by atoms with Gasteiger partial charge in [0.05, 0.1) is 13.2 Å². The molecule has 0 amide bonds. The molecule has 0 fully saturated rings. The van der Waals surface area contributed by atoms with E-state index >= 15 is 0 Å². The second-order valence-electron chi connectivity index (χ2n) is 5.55. The molecule has 3 nitrogen and oxygen atoms in total. The van der Waals surface area contributed by atoms with Crippen molar-refractivity contribution in [2.75, 3.05) is 13.2 Å². The molecule has 0 radical (unpaired) electrons. The topological polar surface area (TPSA) is 30.8 Å². The van der Waals surface area contributed by atoms with E-state index in [0.29, 0.717) is 25.7 Å². The van der Waals surface area contributed by atoms with Gasteiger partial charge in [0, 0.05) is 5.56 Å². The maximum absolute atomic E-state index is 5.80. The maximum Gasteiger partial charge on any atom is 0.216 e. The minimum Gasteiger partial charge on any atom is -0.475 e. The van der Waals surface area contributed by atoms with Crippen LogP contribution in [0.4, 0.5) is 0 Å². The Bertz CT molecular complexity index is 610. The first-order valence-electron chi connectivity index (χ1n) is 7.15. The van der Waals surface area contributed by atoms with Crippen LogP contribution in [0.5, 0.6) is 0 Å². The molecule has 1 aliphatic heterocycles. The molecule has 3 rings (SSSR count). The van der Waals surface area contributed by atoms with Crippen molar-refractivity contribution in [2.24, 2.45) is 4.99 Å². The van der Waals surface area contributed by atoms with Crippen molar-refractivity contribution >= 4 is 5.90 Å². The third-order valence-electron chi connectivity index (χ3n) is 3.44. The lowest BCUT2D eigenvalue weighted by atomic mass is 10.1. The zero-order valence-electron chi connectivity index (χ0n) is 12.2. The summed E-state index contributed by atoms with van der Waals surface area (Å²) >= 11 is 0. The molecule has 2 aromatic carbocycles. The van der Waals surface area contributed by atoms with Gasteiger partial charge in [-0.1, -0.05) is 48.5 Å². The van der Waals surface area contributed by atoms with Crippen molar-refractivity contribution in [3.63, 3.8) is 0 Å². The molecule has 0 spiro atoms. The van der Waals surface area contributed by atoms with Gasteiger partial charge in [0.1, 0.15) is 12.1 Å². The summed E-state index contributed by atoms with van der Waals surface area (Å²) in [5, 5.41) is 0. The van der Waals surface area contributed by atoms with Gasteiger partial charge in [-0.2, -0.15) is 0 Å². The quantitative estimate of drug-likeness (QED) is 0.840. The number of ether oxygens (including phenoxy) is 2. The van der Waals surface area contributed by atoms with Crippen LogP contribution in [-0.2, 0) is 16.1 Å². The lowest BCUT2D eigenvalue weighted by Crippen LogP contribution is -2.30. The van der Waals surface area contributed by atoms with E-state index in [2.05, 4.69) is 19.1 Å². The molecule has 0 N–H and O–H groups in total. The first-order chi connectivity index (χ1) is 10.3. The molecule has 0 bridgehead atoms. The summed E-state index contributed by atoms with van der Waals surface area (Å²) in [4.78, 5) is 4.69. The first kappa shape index (κ1) is 13.8. The molecule has 1 atom stereocenters. The second kappa shape index (κ2) is 6.10. The van der Waals surface area contributed by atoms with Crippen molar-refractivity contribution < 1.29 is 9.47 Å². The minimum atomic E-state index is -0.306. The third kappa shape index (κ3) is 3.50. The fraction of sp³-hybridized carbons (Fsp3) is 0.278. The summed E-state index contributed by atoms with van der Waals surface area (Å²) in [7, 11) is 0. The van der Waals surface area contributed by atoms with Crippen LogP contribution in [-0.4, -0.2) is 24.7 Å². The summed E-state index contributed by atoms with van der Waals surface area (Å²) in [5.74, 6) is 0.710. The Morgan fingerprint density at radius 3 is 2.43 bits per heavy atom. The van der Waals surface area contributed by atoms with Crippen LogP contribution in [0.15, 0.2) is 65.7 Å². The summed E-state index contributed by atoms with van der Waals surface area (Å²) in [5.41, 5.74) is 1.89. The minimum absolute atomic E-state index is 0.306. The van der Waals surface area contributed by atoms with Crippen LogP contribution in [0.2, 0.25) is 0 Å². The van der Waals surface area contributed by atoms with E-state index in [9.17, 15) is 0 Å². The first-order valence-corrected chi connectivity index (χ1v) is 7.15. The normalized spacial score (nSPS) is 20.9. The van der Waals surface area contributed by atoms with Crippen LogP contribution in [0.1, 0.15) is 18.1 Å². The van der Waals surface area contributed by atoms with Gasteiger partial charge < -0.3 is 9.47 Å². The Labute approximate surface area is 125 Å². The van der Waals surface area contributed by atoms with Gasteiger partial charge in [0.15, 0.2) is 0 Å². The van der Waals surface area contributed by atoms with Gasteiger partial charge in [0.2, 0.25) is 5.90 Å². The molecular formula is C18H19NO2. The predicted molar refractivity (Wildman–Crippen MR) is 83.4 cm³/mol. The molecule has 1 unspecified atom stereocenters. The Hall–Kier alpha value is -2.13. The Morgan fingerprint density at radius 1 is 1.05 bits per heavy atom. The molecular weight excluding hydrogens is 262 g/mol. The van der Waals surface area contributed by atoms with Gasteiger partial charge in [-0.25, -0.2) is 4.99 Å². The summed E-state index contributed by atoms with van der Waals surface area (Å²) in [6.07, 6.45) is 0. The van der Waals surface area contributed by atoms with Gasteiger partial charge >= 0.3 is 0 Å². The van der Waals surface area contributed by atoms with E-state index in [1.54, 1.807) is 0 Å². The predicted octanol–water partition coefficient (Wildman–Crippen LogP) is 3.44. The molecule has 3 heteroatoms. The summed E-state index contributed by atoms with van der Waals surface area (Å²) < 4.78 is 11.5. The zero-order chi connectivity index (χ0) is 14.5. The number of rotatable bonds is 5. The Morgan fingerprint density at radius 2 is 1.71 bits per heavy atom. The van der Waals surface area contributed by atoms with Crippen LogP contribution in [0.3, 0.4) is 0 Å². The van der Waals surface area contributed by atoms with E-state index in [0.717, 1.165) is 5.56 Å². The molecule has 0 saturated carbocycles. The number of hydrogen-bond acceptors (Lipinski definition) is 3. The molecule has 0 saturated heterocycles. The summed E-state index contributed by atoms with van der Waals surface area (Å²) in [6.45, 7) is 3.78. The number of aliphatic imine (C=N–C) groups is 1. The SMILES string of the molecule is CC1(COCc2ccccc2)COC(c2ccccc2)=N1. The van der Waals surface area contributed by atoms with Crippen molar-refractivity contribution in [2.45, 2.75) is 19.1 Å². The van der Waals surface area contributed by atoms with E-state index in [-0.39, 0.29) is 5.54 Å². The average Bonchev–Trinajstić information content (AvgIpc) is 2.92. The van der Waals surface area contributed by atoms with Crippen molar-refractivity contribution in [3.8, 4) is 0 Å². The Balaban J connectivity index is 1.59. The maximum atomic E-state index is 5.80. The Kier molecular flexibility index (Phi) is 4.02. The van der Waals surface area contributed by atoms with Crippen molar-refractivity contribution in [1.29, 1.82) is 0 Å². The van der Waals surface area contributed by atoms with Crippen LogP contribution in [0.25, 0.3) is 0 Å². The fourth-order valence-corrected chi connectivity index (χ4v) is 2.30. The van der Waals surface area contributed by atoms with E-state index in [4.69, 9.17) is 14.5 Å². The molecule has 108 valence electrons. The van der Waals surface area contributed by atoms with E-state index in [1.165, 1.54) is 5.56 Å². The van der Waals surface area contributed by atoms with Crippen molar-refractivity contribution in [1.82, 2.24) is 0 Å². The van der Waals surface area contributed by atoms with Gasteiger partial charge in [-0.15, -0.1) is 0 Å². The highest BCUT2D eigenvalue weighted by molar-refractivity contribution is 5.95. The van der Waals surface area contributed by atoms with E-state index in [1.807, 2.05) is 48.5 Å². The molecule has 2 aromatic rings. The van der Waals surface area contributed by atoms with E-state index < -0.39 is 0 Å². The lowest BCUT2D eigenvalue weighted by molar-refractivity contribution is 0.0690. The highest BCUT2D eigenvalue weighted by Gasteiger charge is 2.32. The molecule has 0 aliphatic carbocycles. The fourth-order valence-electron chi connectivity index (χ4n) is 2.30. The smallest absolute Gasteiger partial charge is 0.216 e. The van der Waals surface area contributed by atoms with Crippen LogP contribution in [0, 0.1) is 0 Å². The average molecular weight is 281 g/mol.